The molecule has 3 atom stereocenters. The lowest BCUT2D eigenvalue weighted by atomic mass is 9.85. The Morgan fingerprint density at radius 2 is 1.55 bits per heavy atom. The van der Waals surface area contributed by atoms with Crippen LogP contribution in [0.4, 0.5) is 0 Å². The molecule has 0 spiro atoms. The van der Waals surface area contributed by atoms with Gasteiger partial charge in [-0.2, -0.15) is 0 Å². The predicted octanol–water partition coefficient (Wildman–Crippen LogP) is 3.46. The molecule has 1 unspecified atom stereocenters. The topological polar surface area (TPSA) is 37.4 Å². The van der Waals surface area contributed by atoms with Crippen LogP contribution >= 0.6 is 15.9 Å². The summed E-state index contributed by atoms with van der Waals surface area (Å²) in [5.74, 6) is -0.324. The summed E-state index contributed by atoms with van der Waals surface area (Å²) in [6.07, 6.45) is 5.41. The van der Waals surface area contributed by atoms with E-state index in [1.165, 1.54) is 4.90 Å². The average Bonchev–Trinajstić information content (AvgIpc) is 2.72. The number of allylic oxidation sites excluding steroid dienone is 2. The smallest absolute Gasteiger partial charge is 0.233 e. The van der Waals surface area contributed by atoms with Crippen LogP contribution in [-0.4, -0.2) is 16.7 Å². The Kier molecular flexibility index (Phi) is 3.50. The Morgan fingerprint density at radius 3 is 2.05 bits per heavy atom. The molecule has 1 aromatic carbocycles. The largest absolute Gasteiger partial charge is 0.275 e. The van der Waals surface area contributed by atoms with Crippen LogP contribution in [0, 0.1) is 11.8 Å². The summed E-state index contributed by atoms with van der Waals surface area (Å²) in [5.41, 5.74) is 0.988. The van der Waals surface area contributed by atoms with Crippen molar-refractivity contribution in [2.45, 2.75) is 25.8 Å². The van der Waals surface area contributed by atoms with Gasteiger partial charge in [0.25, 0.3) is 0 Å². The van der Waals surface area contributed by atoms with E-state index in [0.29, 0.717) is 12.8 Å². The maximum Gasteiger partial charge on any atom is 0.233 e. The maximum atomic E-state index is 12.5. The molecule has 0 radical (unpaired) electrons. The molecule has 1 aromatic rings. The van der Waals surface area contributed by atoms with Crippen LogP contribution in [-0.2, 0) is 9.59 Å². The standard InChI is InChI=1S/C16H16BrNO2/c1-10(11-6-8-12(17)9-7-11)18-15(19)13-4-2-3-5-14(13)16(18)20/h2-3,6-10,13-14H,4-5H2,1H3/t10?,13-,14+. The lowest BCUT2D eigenvalue weighted by Gasteiger charge is -2.23. The van der Waals surface area contributed by atoms with Crippen LogP contribution in [0.15, 0.2) is 40.9 Å². The molecule has 1 fully saturated rings. The molecule has 1 saturated heterocycles. The monoisotopic (exact) mass is 333 g/mol. The van der Waals surface area contributed by atoms with Gasteiger partial charge in [0.05, 0.1) is 17.9 Å². The normalized spacial score (nSPS) is 26.8. The second-order valence-electron chi connectivity index (χ2n) is 5.43. The third-order valence-electron chi connectivity index (χ3n) is 4.28. The van der Waals surface area contributed by atoms with Crippen molar-refractivity contribution < 1.29 is 9.59 Å². The summed E-state index contributed by atoms with van der Waals surface area (Å²) in [6, 6.07) is 7.58. The molecule has 0 saturated carbocycles. The Balaban J connectivity index is 1.88. The average molecular weight is 334 g/mol. The van der Waals surface area contributed by atoms with Crippen molar-refractivity contribution in [2.75, 3.05) is 0 Å². The first-order chi connectivity index (χ1) is 9.59. The highest BCUT2D eigenvalue weighted by Gasteiger charge is 2.48. The van der Waals surface area contributed by atoms with E-state index in [1.54, 1.807) is 0 Å². The van der Waals surface area contributed by atoms with E-state index < -0.39 is 0 Å². The molecule has 104 valence electrons. The molecule has 20 heavy (non-hydrogen) atoms. The first-order valence-electron chi connectivity index (χ1n) is 6.87. The van der Waals surface area contributed by atoms with Crippen LogP contribution < -0.4 is 0 Å². The number of fused-ring (bicyclic) bond motifs is 1. The summed E-state index contributed by atoms with van der Waals surface area (Å²) in [4.78, 5) is 26.5. The minimum Gasteiger partial charge on any atom is -0.275 e. The predicted molar refractivity (Wildman–Crippen MR) is 79.8 cm³/mol. The van der Waals surface area contributed by atoms with Gasteiger partial charge < -0.3 is 0 Å². The summed E-state index contributed by atoms with van der Waals surface area (Å²) in [6.45, 7) is 1.92. The van der Waals surface area contributed by atoms with Crippen LogP contribution in [0.3, 0.4) is 0 Å². The van der Waals surface area contributed by atoms with E-state index in [1.807, 2.05) is 43.3 Å². The van der Waals surface area contributed by atoms with E-state index in [4.69, 9.17) is 0 Å². The fourth-order valence-electron chi connectivity index (χ4n) is 3.10. The minimum absolute atomic E-state index is 0.0141. The van der Waals surface area contributed by atoms with Gasteiger partial charge in [-0.25, -0.2) is 0 Å². The van der Waals surface area contributed by atoms with E-state index in [9.17, 15) is 9.59 Å². The van der Waals surface area contributed by atoms with Gasteiger partial charge in [0.2, 0.25) is 11.8 Å². The highest BCUT2D eigenvalue weighted by Crippen LogP contribution is 2.39. The highest BCUT2D eigenvalue weighted by molar-refractivity contribution is 9.10. The lowest BCUT2D eigenvalue weighted by Crippen LogP contribution is -2.33. The summed E-state index contributed by atoms with van der Waals surface area (Å²) in [5, 5.41) is 0. The van der Waals surface area contributed by atoms with Gasteiger partial charge in [-0.3, -0.25) is 14.5 Å². The van der Waals surface area contributed by atoms with Crippen LogP contribution in [0.25, 0.3) is 0 Å². The zero-order valence-electron chi connectivity index (χ0n) is 11.3. The van der Waals surface area contributed by atoms with Gasteiger partial charge in [-0.15, -0.1) is 0 Å². The quantitative estimate of drug-likeness (QED) is 0.614. The van der Waals surface area contributed by atoms with Gasteiger partial charge in [-0.1, -0.05) is 40.2 Å². The molecular weight excluding hydrogens is 318 g/mol. The number of rotatable bonds is 2. The summed E-state index contributed by atoms with van der Waals surface area (Å²) in [7, 11) is 0. The zero-order valence-corrected chi connectivity index (χ0v) is 12.8. The zero-order chi connectivity index (χ0) is 14.3. The number of hydrogen-bond donors (Lipinski definition) is 0. The second kappa shape index (κ2) is 5.17. The molecule has 1 aliphatic carbocycles. The summed E-state index contributed by atoms with van der Waals surface area (Å²) < 4.78 is 0.991. The third-order valence-corrected chi connectivity index (χ3v) is 4.81. The Bertz CT molecular complexity index is 553. The van der Waals surface area contributed by atoms with E-state index in [-0.39, 0.29) is 29.7 Å². The molecule has 3 rings (SSSR count). The maximum absolute atomic E-state index is 12.5. The molecule has 0 aromatic heterocycles. The van der Waals surface area contributed by atoms with Crippen molar-refractivity contribution >= 4 is 27.7 Å². The van der Waals surface area contributed by atoms with Crippen LogP contribution in [0.1, 0.15) is 31.4 Å². The molecule has 2 amide bonds. The molecule has 2 aliphatic rings. The Labute approximate surface area is 126 Å². The molecule has 1 heterocycles. The first kappa shape index (κ1) is 13.6. The molecule has 0 bridgehead atoms. The van der Waals surface area contributed by atoms with E-state index >= 15 is 0 Å². The van der Waals surface area contributed by atoms with Gasteiger partial charge in [-0.05, 0) is 37.5 Å². The third kappa shape index (κ3) is 2.12. The number of halogens is 1. The molecule has 0 N–H and O–H groups in total. The van der Waals surface area contributed by atoms with Gasteiger partial charge in [0.15, 0.2) is 0 Å². The second-order valence-corrected chi connectivity index (χ2v) is 6.35. The minimum atomic E-state index is -0.200. The SMILES string of the molecule is CC(c1ccc(Br)cc1)N1C(=O)[C@H]2CC=CC[C@H]2C1=O. The van der Waals surface area contributed by atoms with Crippen molar-refractivity contribution in [1.29, 1.82) is 0 Å². The van der Waals surface area contributed by atoms with Gasteiger partial charge >= 0.3 is 0 Å². The fourth-order valence-corrected chi connectivity index (χ4v) is 3.36. The van der Waals surface area contributed by atoms with Gasteiger partial charge in [0.1, 0.15) is 0 Å². The number of benzene rings is 1. The number of amides is 2. The number of carbonyl (C=O) groups excluding carboxylic acids is 2. The van der Waals surface area contributed by atoms with Gasteiger partial charge in [0, 0.05) is 4.47 Å². The van der Waals surface area contributed by atoms with Crippen molar-refractivity contribution in [3.63, 3.8) is 0 Å². The first-order valence-corrected chi connectivity index (χ1v) is 7.66. The van der Waals surface area contributed by atoms with Crippen molar-refractivity contribution in [1.82, 2.24) is 4.90 Å². The van der Waals surface area contributed by atoms with E-state index in [2.05, 4.69) is 15.9 Å². The molecule has 3 nitrogen and oxygen atoms in total. The number of hydrogen-bond acceptors (Lipinski definition) is 2. The van der Waals surface area contributed by atoms with Crippen molar-refractivity contribution in [2.24, 2.45) is 11.8 Å². The van der Waals surface area contributed by atoms with Crippen LogP contribution in [0.2, 0.25) is 0 Å². The lowest BCUT2D eigenvalue weighted by molar-refractivity contribution is -0.142. The van der Waals surface area contributed by atoms with Crippen molar-refractivity contribution in [3.05, 3.63) is 46.5 Å². The van der Waals surface area contributed by atoms with Crippen molar-refractivity contribution in [3.8, 4) is 0 Å². The number of imide groups is 1. The number of carbonyl (C=O) groups is 2. The highest BCUT2D eigenvalue weighted by atomic mass is 79.9. The van der Waals surface area contributed by atoms with Crippen LogP contribution in [0.5, 0.6) is 0 Å². The fraction of sp³-hybridized carbons (Fsp3) is 0.375. The van der Waals surface area contributed by atoms with E-state index in [0.717, 1.165) is 10.0 Å². The molecule has 1 aliphatic heterocycles. The number of likely N-dealkylation sites (tertiary alicyclic amines) is 1. The Hall–Kier alpha value is -1.42. The summed E-state index contributed by atoms with van der Waals surface area (Å²) >= 11 is 3.40. The Morgan fingerprint density at radius 1 is 1.05 bits per heavy atom. The molecule has 4 heteroatoms. The number of nitrogens with zero attached hydrogens (tertiary/aromatic N) is 1. The molecular formula is C16H16BrNO2.